The fourth-order valence-electron chi connectivity index (χ4n) is 2.69. The van der Waals surface area contributed by atoms with Crippen molar-refractivity contribution in [3.8, 4) is 0 Å². The third-order valence-corrected chi connectivity index (χ3v) is 3.83. The number of carboxylic acids is 1. The molecule has 0 amide bonds. The van der Waals surface area contributed by atoms with Crippen LogP contribution in [-0.4, -0.2) is 23.7 Å². The van der Waals surface area contributed by atoms with Crippen LogP contribution < -0.4 is 4.90 Å². The number of aliphatic carboxylic acids is 1. The Hall–Kier alpha value is -1.51. The number of hydrogen-bond donors (Lipinski definition) is 1. The molecule has 18 heavy (non-hydrogen) atoms. The van der Waals surface area contributed by atoms with Gasteiger partial charge in [0.25, 0.3) is 0 Å². The summed E-state index contributed by atoms with van der Waals surface area (Å²) in [6.45, 7) is 5.35. The summed E-state index contributed by atoms with van der Waals surface area (Å²) >= 11 is 0. The van der Waals surface area contributed by atoms with Gasteiger partial charge in [-0.25, -0.2) is 0 Å². The SMILES string of the molecule is CC(CC(=O)O)c1ccc(N2CCCC2C)cc1. The lowest BCUT2D eigenvalue weighted by atomic mass is 9.97. The van der Waals surface area contributed by atoms with Gasteiger partial charge in [-0.15, -0.1) is 0 Å². The lowest BCUT2D eigenvalue weighted by molar-refractivity contribution is -0.137. The van der Waals surface area contributed by atoms with Crippen LogP contribution in [0, 0.1) is 0 Å². The third kappa shape index (κ3) is 2.84. The first-order valence-electron chi connectivity index (χ1n) is 6.66. The number of carboxylic acid groups (broad SMARTS) is 1. The standard InChI is InChI=1S/C15H21NO2/c1-11(10-15(17)18)13-5-7-14(8-6-13)16-9-3-4-12(16)2/h5-8,11-12H,3-4,9-10H2,1-2H3,(H,17,18). The lowest BCUT2D eigenvalue weighted by Crippen LogP contribution is -2.26. The quantitative estimate of drug-likeness (QED) is 0.887. The minimum Gasteiger partial charge on any atom is -0.481 e. The molecule has 1 aromatic rings. The van der Waals surface area contributed by atoms with E-state index in [1.54, 1.807) is 0 Å². The molecule has 0 aromatic heterocycles. The van der Waals surface area contributed by atoms with Crippen LogP contribution in [0.2, 0.25) is 0 Å². The van der Waals surface area contributed by atoms with E-state index in [0.717, 1.165) is 12.1 Å². The Labute approximate surface area is 108 Å². The van der Waals surface area contributed by atoms with Gasteiger partial charge in [0, 0.05) is 18.3 Å². The van der Waals surface area contributed by atoms with E-state index in [4.69, 9.17) is 5.11 Å². The van der Waals surface area contributed by atoms with Crippen molar-refractivity contribution in [3.63, 3.8) is 0 Å². The Morgan fingerprint density at radius 3 is 2.61 bits per heavy atom. The van der Waals surface area contributed by atoms with E-state index in [1.807, 2.05) is 6.92 Å². The summed E-state index contributed by atoms with van der Waals surface area (Å²) in [5.41, 5.74) is 2.36. The van der Waals surface area contributed by atoms with Gasteiger partial charge in [0.2, 0.25) is 0 Å². The molecule has 1 heterocycles. The van der Waals surface area contributed by atoms with Crippen molar-refractivity contribution in [2.75, 3.05) is 11.4 Å². The van der Waals surface area contributed by atoms with Crippen LogP contribution in [0.3, 0.4) is 0 Å². The zero-order valence-corrected chi connectivity index (χ0v) is 11.1. The highest BCUT2D eigenvalue weighted by atomic mass is 16.4. The molecule has 1 N–H and O–H groups in total. The predicted molar refractivity (Wildman–Crippen MR) is 73.2 cm³/mol. The zero-order chi connectivity index (χ0) is 13.1. The second kappa shape index (κ2) is 5.42. The zero-order valence-electron chi connectivity index (χ0n) is 11.1. The van der Waals surface area contributed by atoms with E-state index in [2.05, 4.69) is 36.1 Å². The predicted octanol–water partition coefficient (Wildman–Crippen LogP) is 3.25. The fraction of sp³-hybridized carbons (Fsp3) is 0.533. The van der Waals surface area contributed by atoms with E-state index >= 15 is 0 Å². The van der Waals surface area contributed by atoms with E-state index < -0.39 is 5.97 Å². The molecule has 0 bridgehead atoms. The Balaban J connectivity index is 2.07. The topological polar surface area (TPSA) is 40.5 Å². The molecule has 1 fully saturated rings. The monoisotopic (exact) mass is 247 g/mol. The highest BCUT2D eigenvalue weighted by Gasteiger charge is 2.20. The fourth-order valence-corrected chi connectivity index (χ4v) is 2.69. The highest BCUT2D eigenvalue weighted by Crippen LogP contribution is 2.27. The maximum absolute atomic E-state index is 10.7. The summed E-state index contributed by atoms with van der Waals surface area (Å²) in [5, 5.41) is 8.80. The van der Waals surface area contributed by atoms with Crippen molar-refractivity contribution in [2.45, 2.75) is 45.1 Å². The first-order chi connectivity index (χ1) is 8.58. The summed E-state index contributed by atoms with van der Waals surface area (Å²) in [4.78, 5) is 13.1. The Bertz CT molecular complexity index is 413. The van der Waals surface area contributed by atoms with Crippen LogP contribution in [0.15, 0.2) is 24.3 Å². The Morgan fingerprint density at radius 1 is 1.44 bits per heavy atom. The highest BCUT2D eigenvalue weighted by molar-refractivity contribution is 5.68. The van der Waals surface area contributed by atoms with Gasteiger partial charge in [-0.3, -0.25) is 4.79 Å². The van der Waals surface area contributed by atoms with Crippen LogP contribution in [-0.2, 0) is 4.79 Å². The maximum atomic E-state index is 10.7. The van der Waals surface area contributed by atoms with E-state index in [1.165, 1.54) is 18.5 Å². The number of hydrogen-bond acceptors (Lipinski definition) is 2. The molecule has 2 rings (SSSR count). The van der Waals surface area contributed by atoms with Gasteiger partial charge in [0.05, 0.1) is 6.42 Å². The summed E-state index contributed by atoms with van der Waals surface area (Å²) in [6.07, 6.45) is 2.72. The molecule has 0 spiro atoms. The summed E-state index contributed by atoms with van der Waals surface area (Å²) in [5.74, 6) is -0.660. The molecule has 3 heteroatoms. The molecule has 0 radical (unpaired) electrons. The normalized spacial score (nSPS) is 21.0. The van der Waals surface area contributed by atoms with Crippen LogP contribution in [0.25, 0.3) is 0 Å². The second-order valence-electron chi connectivity index (χ2n) is 5.28. The number of carbonyl (C=O) groups is 1. The summed E-state index contributed by atoms with van der Waals surface area (Å²) in [6, 6.07) is 8.99. The van der Waals surface area contributed by atoms with Gasteiger partial charge in [-0.05, 0) is 43.4 Å². The average Bonchev–Trinajstić information content (AvgIpc) is 2.75. The molecule has 98 valence electrons. The van der Waals surface area contributed by atoms with E-state index in [0.29, 0.717) is 6.04 Å². The number of benzene rings is 1. The van der Waals surface area contributed by atoms with Gasteiger partial charge in [-0.2, -0.15) is 0 Å². The van der Waals surface area contributed by atoms with Gasteiger partial charge >= 0.3 is 5.97 Å². The molecule has 1 saturated heterocycles. The molecule has 1 aliphatic rings. The van der Waals surface area contributed by atoms with Crippen molar-refractivity contribution < 1.29 is 9.90 Å². The molecule has 2 unspecified atom stereocenters. The summed E-state index contributed by atoms with van der Waals surface area (Å²) < 4.78 is 0. The number of anilines is 1. The van der Waals surface area contributed by atoms with Gasteiger partial charge in [-0.1, -0.05) is 19.1 Å². The lowest BCUT2D eigenvalue weighted by Gasteiger charge is -2.24. The average molecular weight is 247 g/mol. The number of nitrogens with zero attached hydrogens (tertiary/aromatic N) is 1. The summed E-state index contributed by atoms with van der Waals surface area (Å²) in [7, 11) is 0. The third-order valence-electron chi connectivity index (χ3n) is 3.83. The largest absolute Gasteiger partial charge is 0.481 e. The van der Waals surface area contributed by atoms with Crippen molar-refractivity contribution in [1.82, 2.24) is 0 Å². The minimum absolute atomic E-state index is 0.0764. The second-order valence-corrected chi connectivity index (χ2v) is 5.28. The van der Waals surface area contributed by atoms with E-state index in [-0.39, 0.29) is 12.3 Å². The first-order valence-corrected chi connectivity index (χ1v) is 6.66. The van der Waals surface area contributed by atoms with Gasteiger partial charge in [0.15, 0.2) is 0 Å². The molecule has 1 aliphatic heterocycles. The van der Waals surface area contributed by atoms with Gasteiger partial charge in [0.1, 0.15) is 0 Å². The van der Waals surface area contributed by atoms with Crippen molar-refractivity contribution in [3.05, 3.63) is 29.8 Å². The van der Waals surface area contributed by atoms with Crippen molar-refractivity contribution >= 4 is 11.7 Å². The smallest absolute Gasteiger partial charge is 0.303 e. The minimum atomic E-state index is -0.736. The molecule has 0 saturated carbocycles. The van der Waals surface area contributed by atoms with Crippen LogP contribution in [0.1, 0.15) is 44.6 Å². The molecule has 2 atom stereocenters. The molecule has 0 aliphatic carbocycles. The maximum Gasteiger partial charge on any atom is 0.303 e. The molecule has 3 nitrogen and oxygen atoms in total. The molecule has 1 aromatic carbocycles. The van der Waals surface area contributed by atoms with Crippen LogP contribution in [0.4, 0.5) is 5.69 Å². The Morgan fingerprint density at radius 2 is 2.11 bits per heavy atom. The Kier molecular flexibility index (Phi) is 3.90. The van der Waals surface area contributed by atoms with E-state index in [9.17, 15) is 4.79 Å². The molecular formula is C15H21NO2. The van der Waals surface area contributed by atoms with Crippen LogP contribution >= 0.6 is 0 Å². The number of rotatable bonds is 4. The van der Waals surface area contributed by atoms with Crippen molar-refractivity contribution in [1.29, 1.82) is 0 Å². The van der Waals surface area contributed by atoms with Gasteiger partial charge < -0.3 is 10.0 Å². The molecular weight excluding hydrogens is 226 g/mol. The first kappa shape index (κ1) is 12.9. The van der Waals surface area contributed by atoms with Crippen LogP contribution in [0.5, 0.6) is 0 Å². The van der Waals surface area contributed by atoms with Crippen molar-refractivity contribution in [2.24, 2.45) is 0 Å².